The number of benzene rings is 1. The van der Waals surface area contributed by atoms with E-state index in [0.29, 0.717) is 17.9 Å². The second-order valence-corrected chi connectivity index (χ2v) is 9.42. The summed E-state index contributed by atoms with van der Waals surface area (Å²) in [5.41, 5.74) is 0.503. The maximum atomic E-state index is 12.8. The molecule has 3 aliphatic rings. The van der Waals surface area contributed by atoms with Crippen molar-refractivity contribution in [2.75, 3.05) is 25.2 Å². The van der Waals surface area contributed by atoms with Gasteiger partial charge >= 0.3 is 5.97 Å². The summed E-state index contributed by atoms with van der Waals surface area (Å²) in [5, 5.41) is 18.3. The molecule has 35 heavy (non-hydrogen) atoms. The molecule has 0 aliphatic carbocycles. The number of rotatable bonds is 8. The quantitative estimate of drug-likeness (QED) is 0.176. The van der Waals surface area contributed by atoms with Crippen molar-refractivity contribution in [1.29, 1.82) is 0 Å². The van der Waals surface area contributed by atoms with Gasteiger partial charge in [-0.2, -0.15) is 0 Å². The number of ether oxygens (including phenoxy) is 2. The van der Waals surface area contributed by atoms with Crippen molar-refractivity contribution < 1.29 is 33.6 Å². The maximum absolute atomic E-state index is 12.8. The van der Waals surface area contributed by atoms with Crippen LogP contribution in [-0.4, -0.2) is 70.0 Å². The molecule has 1 N–H and O–H groups in total. The van der Waals surface area contributed by atoms with E-state index in [0.717, 1.165) is 5.75 Å². The Morgan fingerprint density at radius 1 is 1.34 bits per heavy atom. The lowest BCUT2D eigenvalue weighted by molar-refractivity contribution is -0.384. The SMILES string of the molecule is CO/N=C(\C(=O)NC1C(=O)N2C(C(=O)OCc3ccc([N+](=O)[O-])cc3)=CCS[C@H]12)C1=CSCCO1. The van der Waals surface area contributed by atoms with Crippen LogP contribution in [0.5, 0.6) is 0 Å². The number of nitro benzene ring substituents is 1. The lowest BCUT2D eigenvalue weighted by atomic mass is 10.0. The molecule has 14 heteroatoms. The fourth-order valence-corrected chi connectivity index (χ4v) is 5.28. The van der Waals surface area contributed by atoms with Gasteiger partial charge in [-0.1, -0.05) is 5.16 Å². The zero-order chi connectivity index (χ0) is 24.9. The summed E-state index contributed by atoms with van der Waals surface area (Å²) in [6, 6.07) is 4.75. The van der Waals surface area contributed by atoms with Crippen molar-refractivity contribution in [3.63, 3.8) is 0 Å². The number of hydrogen-bond acceptors (Lipinski definition) is 11. The van der Waals surface area contributed by atoms with E-state index in [4.69, 9.17) is 14.3 Å². The van der Waals surface area contributed by atoms with Crippen molar-refractivity contribution >= 4 is 52.7 Å². The second kappa shape index (κ2) is 10.8. The Morgan fingerprint density at radius 2 is 2.11 bits per heavy atom. The first-order chi connectivity index (χ1) is 16.9. The third-order valence-corrected chi connectivity index (χ3v) is 7.11. The van der Waals surface area contributed by atoms with Crippen LogP contribution in [-0.2, 0) is 35.3 Å². The molecule has 184 valence electrons. The minimum atomic E-state index is -0.863. The minimum absolute atomic E-state index is 0.0713. The van der Waals surface area contributed by atoms with Gasteiger partial charge in [0.05, 0.1) is 11.5 Å². The summed E-state index contributed by atoms with van der Waals surface area (Å²) < 4.78 is 10.8. The topological polar surface area (TPSA) is 150 Å². The number of nitrogens with zero attached hydrogens (tertiary/aromatic N) is 3. The third kappa shape index (κ3) is 5.27. The Hall–Kier alpha value is -3.52. The average molecular weight is 521 g/mol. The van der Waals surface area contributed by atoms with Gasteiger partial charge in [0.2, 0.25) is 5.71 Å². The first-order valence-electron chi connectivity index (χ1n) is 10.3. The lowest BCUT2D eigenvalue weighted by Gasteiger charge is -2.48. The molecule has 1 aromatic carbocycles. The van der Waals surface area contributed by atoms with Gasteiger partial charge in [-0.15, -0.1) is 23.5 Å². The van der Waals surface area contributed by atoms with Gasteiger partial charge in [0.25, 0.3) is 17.5 Å². The molecule has 1 unspecified atom stereocenters. The number of thioether (sulfide) groups is 2. The fourth-order valence-electron chi connectivity index (χ4n) is 3.46. The number of esters is 1. The Morgan fingerprint density at radius 3 is 2.77 bits per heavy atom. The van der Waals surface area contributed by atoms with Crippen LogP contribution < -0.4 is 5.32 Å². The molecule has 12 nitrogen and oxygen atoms in total. The first kappa shape index (κ1) is 24.6. The number of non-ortho nitro benzene ring substituents is 1. The molecule has 0 saturated carbocycles. The van der Waals surface area contributed by atoms with Crippen LogP contribution in [0.3, 0.4) is 0 Å². The predicted octanol–water partition coefficient (Wildman–Crippen LogP) is 1.53. The molecule has 2 atom stereocenters. The van der Waals surface area contributed by atoms with Gasteiger partial charge in [0, 0.05) is 29.0 Å². The van der Waals surface area contributed by atoms with Gasteiger partial charge in [0.15, 0.2) is 5.76 Å². The van der Waals surface area contributed by atoms with E-state index in [1.54, 1.807) is 11.5 Å². The van der Waals surface area contributed by atoms with Crippen molar-refractivity contribution in [2.24, 2.45) is 5.16 Å². The molecule has 0 aromatic heterocycles. The van der Waals surface area contributed by atoms with Crippen LogP contribution in [0.25, 0.3) is 0 Å². The van der Waals surface area contributed by atoms with Crippen molar-refractivity contribution in [3.05, 3.63) is 62.9 Å². The Kier molecular flexibility index (Phi) is 7.60. The number of fused-ring (bicyclic) bond motifs is 1. The Bertz CT molecular complexity index is 1130. The van der Waals surface area contributed by atoms with Crippen molar-refractivity contribution in [1.82, 2.24) is 10.2 Å². The maximum Gasteiger partial charge on any atom is 0.355 e. The average Bonchev–Trinajstić information content (AvgIpc) is 2.88. The lowest BCUT2D eigenvalue weighted by Crippen LogP contribution is -2.70. The van der Waals surface area contributed by atoms with E-state index >= 15 is 0 Å². The summed E-state index contributed by atoms with van der Waals surface area (Å²) in [5.74, 6) is -0.348. The number of nitrogens with one attached hydrogen (secondary N) is 1. The zero-order valence-electron chi connectivity index (χ0n) is 18.4. The number of carbonyl (C=O) groups is 3. The Balaban J connectivity index is 1.37. The van der Waals surface area contributed by atoms with Crippen LogP contribution in [0.1, 0.15) is 5.56 Å². The highest BCUT2D eigenvalue weighted by atomic mass is 32.2. The molecular formula is C21H20N4O8S2. The highest BCUT2D eigenvalue weighted by Crippen LogP contribution is 2.38. The number of β-lactam (4-membered cyclic amide) rings is 1. The number of amides is 2. The van der Waals surface area contributed by atoms with Gasteiger partial charge in [0.1, 0.15) is 30.8 Å². The molecule has 1 saturated heterocycles. The van der Waals surface area contributed by atoms with Crippen LogP contribution in [0.2, 0.25) is 0 Å². The Labute approximate surface area is 207 Å². The van der Waals surface area contributed by atoms with Crippen LogP contribution >= 0.6 is 23.5 Å². The highest BCUT2D eigenvalue weighted by molar-refractivity contribution is 8.02. The molecule has 1 aromatic rings. The molecular weight excluding hydrogens is 500 g/mol. The third-order valence-electron chi connectivity index (χ3n) is 5.14. The number of carbonyl (C=O) groups excluding carboxylic acids is 3. The van der Waals surface area contributed by atoms with Crippen LogP contribution in [0.15, 0.2) is 52.4 Å². The number of nitro groups is 1. The van der Waals surface area contributed by atoms with Gasteiger partial charge in [-0.3, -0.25) is 24.6 Å². The molecule has 0 bridgehead atoms. The molecule has 0 radical (unpaired) electrons. The summed E-state index contributed by atoms with van der Waals surface area (Å²) in [7, 11) is 1.30. The van der Waals surface area contributed by atoms with Gasteiger partial charge in [-0.25, -0.2) is 4.79 Å². The highest BCUT2D eigenvalue weighted by Gasteiger charge is 2.53. The smallest absolute Gasteiger partial charge is 0.355 e. The molecule has 3 aliphatic heterocycles. The first-order valence-corrected chi connectivity index (χ1v) is 12.4. The van der Waals surface area contributed by atoms with Crippen LogP contribution in [0, 0.1) is 10.1 Å². The van der Waals surface area contributed by atoms with E-state index in [1.165, 1.54) is 59.8 Å². The summed E-state index contributed by atoms with van der Waals surface area (Å²) in [4.78, 5) is 54.6. The summed E-state index contributed by atoms with van der Waals surface area (Å²) >= 11 is 2.86. The number of hydrogen-bond donors (Lipinski definition) is 1. The molecule has 1 fully saturated rings. The predicted molar refractivity (Wildman–Crippen MR) is 127 cm³/mol. The molecule has 4 rings (SSSR count). The normalized spacial score (nSPS) is 21.5. The monoisotopic (exact) mass is 520 g/mol. The van der Waals surface area contributed by atoms with E-state index in [2.05, 4.69) is 10.5 Å². The minimum Gasteiger partial charge on any atom is -0.490 e. The standard InChI is InChI=1S/C21H20N4O8S2/c1-31-23-16(15-11-34-9-7-32-15)18(26)22-17-19(27)24-14(6-8-35-20(17)24)21(28)33-10-12-2-4-13(5-3-12)25(29)30/h2-6,11,17,20H,7-10H2,1H3,(H,22,26)/b23-16-/t17?,20-/m1/s1. The summed E-state index contributed by atoms with van der Waals surface area (Å²) in [6.07, 6.45) is 1.59. The largest absolute Gasteiger partial charge is 0.490 e. The molecule has 3 heterocycles. The van der Waals surface area contributed by atoms with Crippen molar-refractivity contribution in [2.45, 2.75) is 18.0 Å². The van der Waals surface area contributed by atoms with E-state index in [-0.39, 0.29) is 29.5 Å². The fraction of sp³-hybridized carbons (Fsp3) is 0.333. The zero-order valence-corrected chi connectivity index (χ0v) is 20.0. The molecule has 0 spiro atoms. The van der Waals surface area contributed by atoms with E-state index < -0.39 is 34.1 Å². The number of oxime groups is 1. The summed E-state index contributed by atoms with van der Waals surface area (Å²) in [6.45, 7) is 0.301. The van der Waals surface area contributed by atoms with Gasteiger partial charge in [-0.05, 0) is 23.8 Å². The van der Waals surface area contributed by atoms with E-state index in [1.807, 2.05) is 0 Å². The van der Waals surface area contributed by atoms with Crippen molar-refractivity contribution in [3.8, 4) is 0 Å². The van der Waals surface area contributed by atoms with Gasteiger partial charge < -0.3 is 19.6 Å². The second-order valence-electron chi connectivity index (χ2n) is 7.30. The molecule has 2 amide bonds. The van der Waals surface area contributed by atoms with Crippen LogP contribution in [0.4, 0.5) is 5.69 Å². The van der Waals surface area contributed by atoms with E-state index in [9.17, 15) is 24.5 Å².